The molecule has 0 bridgehead atoms. The number of amides is 1. The maximum atomic E-state index is 10.0. The normalized spacial score (nSPS) is 11.1. The standard InChI is InChI=1S/C22H46N2O6/c1-23-10-4-9-16-27-14-6-2-5-12-26-13-7-3-8-15-28-18-20-30-21-19-29-17-11-24-22-25/h22-23H,2-21H2,1H3,(H,24,25). The molecule has 8 nitrogen and oxygen atoms in total. The van der Waals surface area contributed by atoms with Crippen molar-refractivity contribution >= 4 is 6.41 Å². The fourth-order valence-electron chi connectivity index (χ4n) is 2.61. The Bertz CT molecular complexity index is 324. The fourth-order valence-corrected chi connectivity index (χ4v) is 2.61. The molecule has 1 amide bonds. The molecule has 0 aromatic rings. The van der Waals surface area contributed by atoms with Crippen molar-refractivity contribution in [2.75, 3.05) is 86.2 Å². The summed E-state index contributed by atoms with van der Waals surface area (Å²) in [5.41, 5.74) is 0. The van der Waals surface area contributed by atoms with Crippen molar-refractivity contribution in [3.8, 4) is 0 Å². The molecular weight excluding hydrogens is 388 g/mol. The van der Waals surface area contributed by atoms with Crippen molar-refractivity contribution in [2.45, 2.75) is 51.4 Å². The first kappa shape index (κ1) is 29.2. The Morgan fingerprint density at radius 3 is 1.37 bits per heavy atom. The predicted molar refractivity (Wildman–Crippen MR) is 119 cm³/mol. The van der Waals surface area contributed by atoms with Crippen molar-refractivity contribution in [3.63, 3.8) is 0 Å². The van der Waals surface area contributed by atoms with Gasteiger partial charge in [0.15, 0.2) is 0 Å². The molecule has 0 fully saturated rings. The molecule has 0 heterocycles. The Morgan fingerprint density at radius 1 is 0.500 bits per heavy atom. The summed E-state index contributed by atoms with van der Waals surface area (Å²) >= 11 is 0. The van der Waals surface area contributed by atoms with Crippen LogP contribution in [0.2, 0.25) is 0 Å². The zero-order chi connectivity index (χ0) is 21.8. The average molecular weight is 435 g/mol. The van der Waals surface area contributed by atoms with Crippen LogP contribution in [0.5, 0.6) is 0 Å². The van der Waals surface area contributed by atoms with Gasteiger partial charge in [0.2, 0.25) is 6.41 Å². The lowest BCUT2D eigenvalue weighted by atomic mass is 10.2. The van der Waals surface area contributed by atoms with E-state index >= 15 is 0 Å². The smallest absolute Gasteiger partial charge is 0.207 e. The van der Waals surface area contributed by atoms with Gasteiger partial charge < -0.3 is 34.3 Å². The van der Waals surface area contributed by atoms with E-state index < -0.39 is 0 Å². The van der Waals surface area contributed by atoms with Crippen LogP contribution in [0.1, 0.15) is 51.4 Å². The third kappa shape index (κ3) is 27.2. The SMILES string of the molecule is CNCCCCOCCCCCOCCCCCOCCOCCOCCNC=O. The molecule has 0 aliphatic carbocycles. The van der Waals surface area contributed by atoms with Crippen LogP contribution in [-0.2, 0) is 28.5 Å². The van der Waals surface area contributed by atoms with Crippen LogP contribution >= 0.6 is 0 Å². The Hall–Kier alpha value is -0.770. The molecule has 0 spiro atoms. The highest BCUT2D eigenvalue weighted by Gasteiger charge is 1.95. The van der Waals surface area contributed by atoms with E-state index in [0.29, 0.717) is 46.0 Å². The molecule has 0 aromatic heterocycles. The van der Waals surface area contributed by atoms with E-state index in [1.54, 1.807) is 0 Å². The lowest BCUT2D eigenvalue weighted by Gasteiger charge is -2.07. The lowest BCUT2D eigenvalue weighted by Crippen LogP contribution is -2.19. The highest BCUT2D eigenvalue weighted by molar-refractivity contribution is 5.45. The number of carbonyl (C=O) groups is 1. The van der Waals surface area contributed by atoms with Gasteiger partial charge in [0.1, 0.15) is 0 Å². The second-order valence-electron chi connectivity index (χ2n) is 7.07. The Morgan fingerprint density at radius 2 is 0.900 bits per heavy atom. The van der Waals surface area contributed by atoms with Gasteiger partial charge in [0.25, 0.3) is 0 Å². The molecule has 8 heteroatoms. The molecule has 0 rings (SSSR count). The number of unbranched alkanes of at least 4 members (excludes halogenated alkanes) is 5. The Balaban J connectivity index is 2.98. The number of nitrogens with one attached hydrogen (secondary N) is 2. The van der Waals surface area contributed by atoms with Crippen LogP contribution in [0.4, 0.5) is 0 Å². The molecule has 0 atom stereocenters. The third-order valence-corrected chi connectivity index (χ3v) is 4.34. The second kappa shape index (κ2) is 28.2. The molecule has 0 saturated heterocycles. The monoisotopic (exact) mass is 434 g/mol. The minimum Gasteiger partial charge on any atom is -0.381 e. The van der Waals surface area contributed by atoms with Crippen molar-refractivity contribution in [2.24, 2.45) is 0 Å². The summed E-state index contributed by atoms with van der Waals surface area (Å²) in [6.45, 7) is 8.61. The third-order valence-electron chi connectivity index (χ3n) is 4.34. The van der Waals surface area contributed by atoms with E-state index in [0.717, 1.165) is 78.1 Å². The minimum absolute atomic E-state index is 0.509. The lowest BCUT2D eigenvalue weighted by molar-refractivity contribution is -0.109. The topological polar surface area (TPSA) is 87.3 Å². The van der Waals surface area contributed by atoms with Crippen molar-refractivity contribution in [1.29, 1.82) is 0 Å². The summed E-state index contributed by atoms with van der Waals surface area (Å²) in [5, 5.41) is 5.68. The van der Waals surface area contributed by atoms with Crippen molar-refractivity contribution < 1.29 is 28.5 Å². The summed E-state index contributed by atoms with van der Waals surface area (Å²) in [6, 6.07) is 0. The van der Waals surface area contributed by atoms with Gasteiger partial charge in [0, 0.05) is 39.6 Å². The number of hydrogen-bond acceptors (Lipinski definition) is 7. The highest BCUT2D eigenvalue weighted by Crippen LogP contribution is 2.00. The number of ether oxygens (including phenoxy) is 5. The van der Waals surface area contributed by atoms with Gasteiger partial charge >= 0.3 is 0 Å². The van der Waals surface area contributed by atoms with E-state index in [-0.39, 0.29) is 0 Å². The van der Waals surface area contributed by atoms with E-state index in [2.05, 4.69) is 10.6 Å². The molecule has 180 valence electrons. The first-order valence-electron chi connectivity index (χ1n) is 11.6. The molecule has 0 unspecified atom stereocenters. The Kier molecular flexibility index (Phi) is 27.5. The number of hydrogen-bond donors (Lipinski definition) is 2. The van der Waals surface area contributed by atoms with Gasteiger partial charge in [-0.05, 0) is 65.0 Å². The van der Waals surface area contributed by atoms with Crippen LogP contribution in [0, 0.1) is 0 Å². The molecule has 0 aromatic carbocycles. The molecule has 0 aliphatic rings. The van der Waals surface area contributed by atoms with E-state index in [1.807, 2.05) is 7.05 Å². The zero-order valence-electron chi connectivity index (χ0n) is 19.2. The quantitative estimate of drug-likeness (QED) is 0.151. The zero-order valence-corrected chi connectivity index (χ0v) is 19.2. The molecule has 30 heavy (non-hydrogen) atoms. The van der Waals surface area contributed by atoms with Gasteiger partial charge in [-0.15, -0.1) is 0 Å². The summed E-state index contributed by atoms with van der Waals surface area (Å²) < 4.78 is 27.5. The van der Waals surface area contributed by atoms with Gasteiger partial charge in [-0.25, -0.2) is 0 Å². The maximum absolute atomic E-state index is 10.0. The van der Waals surface area contributed by atoms with E-state index in [1.165, 1.54) is 12.8 Å². The van der Waals surface area contributed by atoms with E-state index in [9.17, 15) is 4.79 Å². The van der Waals surface area contributed by atoms with Gasteiger partial charge in [-0.3, -0.25) is 4.79 Å². The number of carbonyl (C=O) groups excluding carboxylic acids is 1. The minimum atomic E-state index is 0.509. The predicted octanol–water partition coefficient (Wildman–Crippen LogP) is 2.16. The van der Waals surface area contributed by atoms with Crippen LogP contribution in [0.25, 0.3) is 0 Å². The fraction of sp³-hybridized carbons (Fsp3) is 0.955. The van der Waals surface area contributed by atoms with Crippen molar-refractivity contribution in [3.05, 3.63) is 0 Å². The highest BCUT2D eigenvalue weighted by atomic mass is 16.5. The first-order valence-corrected chi connectivity index (χ1v) is 11.6. The largest absolute Gasteiger partial charge is 0.381 e. The van der Waals surface area contributed by atoms with Gasteiger partial charge in [-0.1, -0.05) is 0 Å². The first-order chi connectivity index (χ1) is 14.9. The molecule has 2 N–H and O–H groups in total. The summed E-state index contributed by atoms with van der Waals surface area (Å²) in [4.78, 5) is 10.0. The van der Waals surface area contributed by atoms with Crippen LogP contribution in [0.3, 0.4) is 0 Å². The van der Waals surface area contributed by atoms with E-state index in [4.69, 9.17) is 23.7 Å². The summed E-state index contributed by atoms with van der Waals surface area (Å²) in [6.07, 6.45) is 9.69. The maximum Gasteiger partial charge on any atom is 0.207 e. The summed E-state index contributed by atoms with van der Waals surface area (Å²) in [7, 11) is 1.98. The van der Waals surface area contributed by atoms with Gasteiger partial charge in [0.05, 0.1) is 33.0 Å². The molecular formula is C22H46N2O6. The summed E-state index contributed by atoms with van der Waals surface area (Å²) in [5.74, 6) is 0. The van der Waals surface area contributed by atoms with Crippen LogP contribution in [0.15, 0.2) is 0 Å². The van der Waals surface area contributed by atoms with Crippen molar-refractivity contribution in [1.82, 2.24) is 10.6 Å². The number of rotatable bonds is 27. The average Bonchev–Trinajstić information content (AvgIpc) is 2.76. The van der Waals surface area contributed by atoms with Gasteiger partial charge in [-0.2, -0.15) is 0 Å². The second-order valence-corrected chi connectivity index (χ2v) is 7.07. The molecule has 0 saturated carbocycles. The molecule has 0 aliphatic heterocycles. The van der Waals surface area contributed by atoms with Crippen LogP contribution < -0.4 is 10.6 Å². The molecule has 0 radical (unpaired) electrons. The Labute approximate surface area is 183 Å². The van der Waals surface area contributed by atoms with Crippen LogP contribution in [-0.4, -0.2) is 92.6 Å².